The van der Waals surface area contributed by atoms with Crippen LogP contribution in [0.4, 0.5) is 0 Å². The number of aromatic nitrogens is 6. The fourth-order valence-corrected chi connectivity index (χ4v) is 2.48. The third-order valence-corrected chi connectivity index (χ3v) is 3.30. The lowest BCUT2D eigenvalue weighted by molar-refractivity contribution is 0.909. The Hall–Kier alpha value is -2.89. The first-order chi connectivity index (χ1) is 10.2. The van der Waals surface area contributed by atoms with Gasteiger partial charge in [0.05, 0.1) is 5.52 Å². The molecule has 102 valence electrons. The minimum absolute atomic E-state index is 0.564. The number of nitrogens with zero attached hydrogens (tertiary/aromatic N) is 6. The SMILES string of the molecule is Cc1nc(C)nc(-c2nc3ccccc3c3nccn23)n1. The van der Waals surface area contributed by atoms with Gasteiger partial charge in [0.15, 0.2) is 11.6 Å². The normalized spacial score (nSPS) is 11.3. The molecule has 3 aromatic heterocycles. The summed E-state index contributed by atoms with van der Waals surface area (Å²) in [5.74, 6) is 2.60. The van der Waals surface area contributed by atoms with Crippen LogP contribution in [0.1, 0.15) is 11.6 Å². The Balaban J connectivity index is 2.13. The fourth-order valence-electron chi connectivity index (χ4n) is 2.48. The lowest BCUT2D eigenvalue weighted by Crippen LogP contribution is -2.04. The van der Waals surface area contributed by atoms with Crippen LogP contribution in [-0.2, 0) is 0 Å². The summed E-state index contributed by atoms with van der Waals surface area (Å²) in [5, 5.41) is 1.01. The number of aryl methyl sites for hydroxylation is 2. The summed E-state index contributed by atoms with van der Waals surface area (Å²) >= 11 is 0. The molecule has 0 unspecified atom stereocenters. The Morgan fingerprint density at radius 3 is 2.48 bits per heavy atom. The zero-order valence-electron chi connectivity index (χ0n) is 11.6. The van der Waals surface area contributed by atoms with E-state index in [1.165, 1.54) is 0 Å². The van der Waals surface area contributed by atoms with Crippen molar-refractivity contribution in [3.05, 3.63) is 48.3 Å². The van der Waals surface area contributed by atoms with Gasteiger partial charge in [0.2, 0.25) is 0 Å². The van der Waals surface area contributed by atoms with Gasteiger partial charge in [-0.25, -0.2) is 24.9 Å². The maximum absolute atomic E-state index is 4.70. The van der Waals surface area contributed by atoms with Gasteiger partial charge in [-0.2, -0.15) is 0 Å². The predicted molar refractivity (Wildman–Crippen MR) is 78.8 cm³/mol. The van der Waals surface area contributed by atoms with Gasteiger partial charge in [-0.3, -0.25) is 4.40 Å². The van der Waals surface area contributed by atoms with Crippen molar-refractivity contribution in [2.24, 2.45) is 0 Å². The van der Waals surface area contributed by atoms with Crippen molar-refractivity contribution in [3.63, 3.8) is 0 Å². The van der Waals surface area contributed by atoms with E-state index in [0.29, 0.717) is 23.3 Å². The summed E-state index contributed by atoms with van der Waals surface area (Å²) in [7, 11) is 0. The molecule has 6 heteroatoms. The van der Waals surface area contributed by atoms with Crippen LogP contribution in [0.25, 0.3) is 28.2 Å². The molecule has 1 aromatic carbocycles. The van der Waals surface area contributed by atoms with Crippen molar-refractivity contribution in [3.8, 4) is 11.6 Å². The Bertz CT molecular complexity index is 952. The molecular formula is C15H12N6. The molecule has 21 heavy (non-hydrogen) atoms. The molecule has 0 bridgehead atoms. The van der Waals surface area contributed by atoms with Crippen molar-refractivity contribution in [1.29, 1.82) is 0 Å². The Labute approximate surface area is 120 Å². The maximum atomic E-state index is 4.70. The van der Waals surface area contributed by atoms with E-state index in [1.54, 1.807) is 6.20 Å². The van der Waals surface area contributed by atoms with E-state index >= 15 is 0 Å². The van der Waals surface area contributed by atoms with Crippen molar-refractivity contribution in [2.75, 3.05) is 0 Å². The van der Waals surface area contributed by atoms with E-state index in [2.05, 4.69) is 19.9 Å². The first-order valence-corrected chi connectivity index (χ1v) is 6.64. The third-order valence-electron chi connectivity index (χ3n) is 3.30. The first kappa shape index (κ1) is 11.9. The number of rotatable bonds is 1. The van der Waals surface area contributed by atoms with Crippen LogP contribution in [0.5, 0.6) is 0 Å². The molecule has 4 aromatic rings. The van der Waals surface area contributed by atoms with Gasteiger partial charge in [0.25, 0.3) is 0 Å². The van der Waals surface area contributed by atoms with Gasteiger partial charge in [-0.05, 0) is 26.0 Å². The van der Waals surface area contributed by atoms with E-state index in [-0.39, 0.29) is 0 Å². The summed E-state index contributed by atoms with van der Waals surface area (Å²) in [6.45, 7) is 3.70. The molecule has 0 aliphatic rings. The topological polar surface area (TPSA) is 68.9 Å². The highest BCUT2D eigenvalue weighted by atomic mass is 15.1. The average molecular weight is 276 g/mol. The largest absolute Gasteiger partial charge is 0.281 e. The van der Waals surface area contributed by atoms with Crippen molar-refractivity contribution >= 4 is 16.6 Å². The standard InChI is InChI=1S/C15H12N6/c1-9-17-10(2)19-13(18-9)15-20-12-6-4-3-5-11(12)14-16-7-8-21(14)15/h3-8H,1-2H3. The van der Waals surface area contributed by atoms with Crippen LogP contribution in [0.2, 0.25) is 0 Å². The predicted octanol–water partition coefficient (Wildman–Crippen LogP) is 2.35. The highest BCUT2D eigenvalue weighted by Crippen LogP contribution is 2.22. The van der Waals surface area contributed by atoms with Crippen molar-refractivity contribution in [2.45, 2.75) is 13.8 Å². The van der Waals surface area contributed by atoms with Crippen molar-refractivity contribution < 1.29 is 0 Å². The lowest BCUT2D eigenvalue weighted by Gasteiger charge is -2.07. The number of hydrogen-bond acceptors (Lipinski definition) is 5. The van der Waals surface area contributed by atoms with E-state index < -0.39 is 0 Å². The molecule has 3 heterocycles. The molecule has 0 aliphatic carbocycles. The molecule has 0 saturated heterocycles. The minimum atomic E-state index is 0.564. The number of benzene rings is 1. The second-order valence-electron chi connectivity index (χ2n) is 4.83. The van der Waals surface area contributed by atoms with E-state index in [9.17, 15) is 0 Å². The molecule has 0 saturated carbocycles. The van der Waals surface area contributed by atoms with E-state index in [0.717, 1.165) is 16.6 Å². The van der Waals surface area contributed by atoms with Crippen LogP contribution in [0.3, 0.4) is 0 Å². The minimum Gasteiger partial charge on any atom is -0.281 e. The molecular weight excluding hydrogens is 264 g/mol. The molecule has 0 aliphatic heterocycles. The molecule has 0 radical (unpaired) electrons. The second kappa shape index (κ2) is 4.31. The summed E-state index contributed by atoms with van der Waals surface area (Å²) in [5.41, 5.74) is 1.73. The number of imidazole rings is 1. The number of para-hydroxylation sites is 1. The molecule has 0 atom stereocenters. The molecule has 0 N–H and O–H groups in total. The smallest absolute Gasteiger partial charge is 0.199 e. The van der Waals surface area contributed by atoms with E-state index in [4.69, 9.17) is 4.98 Å². The van der Waals surface area contributed by atoms with Crippen LogP contribution >= 0.6 is 0 Å². The fraction of sp³-hybridized carbons (Fsp3) is 0.133. The highest BCUT2D eigenvalue weighted by molar-refractivity contribution is 5.92. The second-order valence-corrected chi connectivity index (χ2v) is 4.83. The molecule has 6 nitrogen and oxygen atoms in total. The average Bonchev–Trinajstić information content (AvgIpc) is 2.95. The summed E-state index contributed by atoms with van der Waals surface area (Å²) in [6.07, 6.45) is 3.63. The zero-order valence-corrected chi connectivity index (χ0v) is 11.6. The molecule has 0 fully saturated rings. The van der Waals surface area contributed by atoms with Gasteiger partial charge in [-0.15, -0.1) is 0 Å². The Morgan fingerprint density at radius 2 is 1.67 bits per heavy atom. The first-order valence-electron chi connectivity index (χ1n) is 6.64. The zero-order chi connectivity index (χ0) is 14.4. The van der Waals surface area contributed by atoms with Crippen LogP contribution < -0.4 is 0 Å². The van der Waals surface area contributed by atoms with E-state index in [1.807, 2.05) is 48.7 Å². The molecule has 0 amide bonds. The monoisotopic (exact) mass is 276 g/mol. The third kappa shape index (κ3) is 1.84. The van der Waals surface area contributed by atoms with Gasteiger partial charge < -0.3 is 0 Å². The molecule has 0 spiro atoms. The lowest BCUT2D eigenvalue weighted by atomic mass is 10.2. The van der Waals surface area contributed by atoms with Crippen LogP contribution in [-0.4, -0.2) is 29.3 Å². The Morgan fingerprint density at radius 1 is 0.905 bits per heavy atom. The van der Waals surface area contributed by atoms with Gasteiger partial charge >= 0.3 is 0 Å². The highest BCUT2D eigenvalue weighted by Gasteiger charge is 2.13. The van der Waals surface area contributed by atoms with Crippen LogP contribution in [0.15, 0.2) is 36.7 Å². The van der Waals surface area contributed by atoms with Gasteiger partial charge in [0, 0.05) is 17.8 Å². The maximum Gasteiger partial charge on any atom is 0.199 e. The number of fused-ring (bicyclic) bond motifs is 3. The summed E-state index contributed by atoms with van der Waals surface area (Å²) < 4.78 is 1.91. The Kier molecular flexibility index (Phi) is 2.44. The number of hydrogen-bond donors (Lipinski definition) is 0. The quantitative estimate of drug-likeness (QED) is 0.534. The molecule has 4 rings (SSSR count). The summed E-state index contributed by atoms with van der Waals surface area (Å²) in [4.78, 5) is 22.2. The summed E-state index contributed by atoms with van der Waals surface area (Å²) in [6, 6.07) is 7.92. The van der Waals surface area contributed by atoms with Gasteiger partial charge in [-0.1, -0.05) is 12.1 Å². The van der Waals surface area contributed by atoms with Gasteiger partial charge in [0.1, 0.15) is 17.3 Å². The van der Waals surface area contributed by atoms with Crippen molar-refractivity contribution in [1.82, 2.24) is 29.3 Å². The van der Waals surface area contributed by atoms with Crippen LogP contribution in [0, 0.1) is 13.8 Å².